The number of carbonyl (C=O) groups excluding carboxylic acids is 1. The van der Waals surface area contributed by atoms with Crippen molar-refractivity contribution in [2.45, 2.75) is 109 Å². The molecule has 1 aromatic rings. The van der Waals surface area contributed by atoms with E-state index in [-0.39, 0.29) is 28.8 Å². The molecule has 6 nitrogen and oxygen atoms in total. The Hall–Kier alpha value is -1.66. The molecule has 6 heteroatoms. The van der Waals surface area contributed by atoms with Gasteiger partial charge in [-0.1, -0.05) is 13.8 Å². The van der Waals surface area contributed by atoms with Gasteiger partial charge >= 0.3 is 11.6 Å². The van der Waals surface area contributed by atoms with E-state index < -0.39 is 17.1 Å². The quantitative estimate of drug-likeness (QED) is 0.599. The Labute approximate surface area is 214 Å². The molecule has 1 N–H and O–H groups in total. The average molecular weight is 498 g/mol. The molecule has 1 unspecified atom stereocenters. The molecule has 0 radical (unpaired) electrons. The molecule has 5 aliphatic rings. The van der Waals surface area contributed by atoms with Crippen LogP contribution in [0, 0.1) is 28.6 Å². The lowest BCUT2D eigenvalue weighted by Crippen LogP contribution is -2.62. The Morgan fingerprint density at radius 3 is 2.56 bits per heavy atom. The Morgan fingerprint density at radius 2 is 1.86 bits per heavy atom. The van der Waals surface area contributed by atoms with Crippen molar-refractivity contribution in [2.75, 3.05) is 13.1 Å². The molecule has 6 rings (SSSR count). The van der Waals surface area contributed by atoms with E-state index in [2.05, 4.69) is 18.7 Å². The summed E-state index contributed by atoms with van der Waals surface area (Å²) in [6.07, 6.45) is 12.4. The summed E-state index contributed by atoms with van der Waals surface area (Å²) in [6, 6.07) is 3.99. The first kappa shape index (κ1) is 24.7. The molecule has 36 heavy (non-hydrogen) atoms. The molecule has 1 saturated heterocycles. The molecule has 0 bridgehead atoms. The number of hydrogen-bond donors (Lipinski definition) is 1. The van der Waals surface area contributed by atoms with Gasteiger partial charge in [-0.3, -0.25) is 4.79 Å². The van der Waals surface area contributed by atoms with E-state index in [9.17, 15) is 14.7 Å². The van der Waals surface area contributed by atoms with Crippen LogP contribution in [-0.4, -0.2) is 46.8 Å². The SMILES string of the molecule is CC(=O)O[C@H]1C[C@]2(O)[C@@H]3CC[C@@H]4CC(N5CCCC5)CC[C@]4(C)[C@H]3CC[C@]2(C)[C@H]1c1ccc(=O)oc1. The highest BCUT2D eigenvalue weighted by Gasteiger charge is 2.70. The molecule has 5 fully saturated rings. The number of carbonyl (C=O) groups is 1. The number of likely N-dealkylation sites (tertiary alicyclic amines) is 1. The van der Waals surface area contributed by atoms with Crippen molar-refractivity contribution in [3.05, 3.63) is 34.4 Å². The van der Waals surface area contributed by atoms with Crippen molar-refractivity contribution in [3.8, 4) is 0 Å². The highest BCUT2D eigenvalue weighted by molar-refractivity contribution is 5.66. The number of fused-ring (bicyclic) bond motifs is 5. The molecule has 198 valence electrons. The fourth-order valence-electron chi connectivity index (χ4n) is 10.1. The molecule has 0 amide bonds. The van der Waals surface area contributed by atoms with Gasteiger partial charge in [0, 0.05) is 36.8 Å². The van der Waals surface area contributed by atoms with Crippen molar-refractivity contribution >= 4 is 5.97 Å². The molecule has 1 aromatic heterocycles. The van der Waals surface area contributed by atoms with Gasteiger partial charge in [0.05, 0.1) is 11.9 Å². The third-order valence-electron chi connectivity index (χ3n) is 11.9. The molecular formula is C30H43NO5. The second-order valence-electron chi connectivity index (χ2n) is 13.3. The summed E-state index contributed by atoms with van der Waals surface area (Å²) in [5.41, 5.74) is -0.615. The zero-order valence-electron chi connectivity index (χ0n) is 22.2. The van der Waals surface area contributed by atoms with Crippen LogP contribution in [0.2, 0.25) is 0 Å². The largest absolute Gasteiger partial charge is 0.462 e. The van der Waals surface area contributed by atoms with Crippen molar-refractivity contribution in [3.63, 3.8) is 0 Å². The standard InChI is InChI=1S/C30H43NO5/c1-19(32)36-25-17-30(34)24-8-7-21-16-22(31-14-4-5-15-31)10-12-28(21,2)23(24)11-13-29(30,3)27(25)20-6-9-26(33)35-18-20/h6,9,18,21-25,27,34H,4-5,7-8,10-17H2,1-3H3/t21-,22?,23+,24-,25+,27+,28+,29-,30+/m1/s1. The number of esters is 1. The lowest BCUT2D eigenvalue weighted by molar-refractivity contribution is -0.204. The number of hydrogen-bond acceptors (Lipinski definition) is 6. The van der Waals surface area contributed by atoms with Gasteiger partial charge < -0.3 is 19.2 Å². The average Bonchev–Trinajstić information content (AvgIpc) is 3.44. The highest BCUT2D eigenvalue weighted by Crippen LogP contribution is 2.71. The first-order valence-corrected chi connectivity index (χ1v) is 14.4. The van der Waals surface area contributed by atoms with Crippen LogP contribution >= 0.6 is 0 Å². The Bertz CT molecular complexity index is 1040. The number of aliphatic hydroxyl groups is 1. The Morgan fingerprint density at radius 1 is 1.08 bits per heavy atom. The molecule has 2 heterocycles. The molecule has 0 spiro atoms. The lowest BCUT2D eigenvalue weighted by atomic mass is 9.43. The fraction of sp³-hybridized carbons (Fsp3) is 0.800. The van der Waals surface area contributed by atoms with Crippen LogP contribution in [0.4, 0.5) is 0 Å². The van der Waals surface area contributed by atoms with Gasteiger partial charge in [0.25, 0.3) is 0 Å². The molecular weight excluding hydrogens is 454 g/mol. The van der Waals surface area contributed by atoms with E-state index >= 15 is 0 Å². The molecule has 1 aliphatic heterocycles. The van der Waals surface area contributed by atoms with Crippen LogP contribution in [0.5, 0.6) is 0 Å². The minimum absolute atomic E-state index is 0.187. The van der Waals surface area contributed by atoms with E-state index in [0.29, 0.717) is 12.3 Å². The summed E-state index contributed by atoms with van der Waals surface area (Å²) in [5, 5.41) is 12.7. The normalized spacial score (nSPS) is 46.6. The minimum Gasteiger partial charge on any atom is -0.462 e. The van der Waals surface area contributed by atoms with Crippen molar-refractivity contribution in [1.29, 1.82) is 0 Å². The first-order chi connectivity index (χ1) is 17.2. The number of nitrogens with zero attached hydrogens (tertiary/aromatic N) is 1. The summed E-state index contributed by atoms with van der Waals surface area (Å²) in [4.78, 5) is 26.6. The fourth-order valence-corrected chi connectivity index (χ4v) is 10.1. The zero-order chi connectivity index (χ0) is 25.3. The highest BCUT2D eigenvalue weighted by atomic mass is 16.5. The monoisotopic (exact) mass is 497 g/mol. The second-order valence-corrected chi connectivity index (χ2v) is 13.3. The van der Waals surface area contributed by atoms with Crippen LogP contribution in [0.25, 0.3) is 0 Å². The predicted octanol–water partition coefficient (Wildman–Crippen LogP) is 4.89. The lowest BCUT2D eigenvalue weighted by Gasteiger charge is -2.64. The Kier molecular flexibility index (Phi) is 5.95. The van der Waals surface area contributed by atoms with Crippen molar-refractivity contribution < 1.29 is 19.1 Å². The van der Waals surface area contributed by atoms with Gasteiger partial charge in [0.15, 0.2) is 0 Å². The molecule has 9 atom stereocenters. The van der Waals surface area contributed by atoms with Crippen LogP contribution in [0.1, 0.15) is 96.5 Å². The second kappa shape index (κ2) is 8.69. The summed E-state index contributed by atoms with van der Waals surface area (Å²) < 4.78 is 11.1. The maximum atomic E-state index is 12.7. The van der Waals surface area contributed by atoms with Crippen LogP contribution in [-0.2, 0) is 9.53 Å². The van der Waals surface area contributed by atoms with E-state index in [1.807, 2.05) is 0 Å². The zero-order valence-corrected chi connectivity index (χ0v) is 22.2. The van der Waals surface area contributed by atoms with Gasteiger partial charge in [-0.15, -0.1) is 0 Å². The third-order valence-corrected chi connectivity index (χ3v) is 11.9. The maximum absolute atomic E-state index is 12.7. The van der Waals surface area contributed by atoms with Gasteiger partial charge in [-0.25, -0.2) is 4.79 Å². The van der Waals surface area contributed by atoms with Crippen molar-refractivity contribution in [2.24, 2.45) is 28.6 Å². The number of ether oxygens (including phenoxy) is 1. The molecule has 0 aromatic carbocycles. The molecule has 4 saturated carbocycles. The van der Waals surface area contributed by atoms with E-state index in [1.165, 1.54) is 70.9 Å². The van der Waals surface area contributed by atoms with E-state index in [1.54, 1.807) is 6.07 Å². The third kappa shape index (κ3) is 3.57. The topological polar surface area (TPSA) is 80.0 Å². The summed E-state index contributed by atoms with van der Waals surface area (Å²) in [5.74, 6) is 0.934. The van der Waals surface area contributed by atoms with E-state index in [0.717, 1.165) is 36.8 Å². The molecule has 4 aliphatic carbocycles. The predicted molar refractivity (Wildman–Crippen MR) is 136 cm³/mol. The smallest absolute Gasteiger partial charge is 0.335 e. The van der Waals surface area contributed by atoms with Gasteiger partial charge in [0.1, 0.15) is 6.10 Å². The van der Waals surface area contributed by atoms with Crippen LogP contribution in [0.3, 0.4) is 0 Å². The first-order valence-electron chi connectivity index (χ1n) is 14.4. The van der Waals surface area contributed by atoms with Crippen molar-refractivity contribution in [1.82, 2.24) is 4.90 Å². The summed E-state index contributed by atoms with van der Waals surface area (Å²) >= 11 is 0. The summed E-state index contributed by atoms with van der Waals surface area (Å²) in [7, 11) is 0. The summed E-state index contributed by atoms with van der Waals surface area (Å²) in [6.45, 7) is 8.72. The van der Waals surface area contributed by atoms with Gasteiger partial charge in [0.2, 0.25) is 0 Å². The Balaban J connectivity index is 1.31. The number of rotatable bonds is 3. The maximum Gasteiger partial charge on any atom is 0.335 e. The van der Waals surface area contributed by atoms with Crippen LogP contribution in [0.15, 0.2) is 27.6 Å². The van der Waals surface area contributed by atoms with Gasteiger partial charge in [-0.05, 0) is 106 Å². The van der Waals surface area contributed by atoms with Crippen LogP contribution < -0.4 is 5.63 Å². The minimum atomic E-state index is -0.906. The van der Waals surface area contributed by atoms with Gasteiger partial charge in [-0.2, -0.15) is 0 Å². The van der Waals surface area contributed by atoms with E-state index in [4.69, 9.17) is 9.15 Å².